The molecule has 0 spiro atoms. The van der Waals surface area contributed by atoms with Crippen LogP contribution in [0.2, 0.25) is 5.02 Å². The molecule has 0 aliphatic carbocycles. The third-order valence-corrected chi connectivity index (χ3v) is 4.26. The van der Waals surface area contributed by atoms with Crippen molar-refractivity contribution in [2.45, 2.75) is 26.7 Å². The summed E-state index contributed by atoms with van der Waals surface area (Å²) < 4.78 is 5.17. The zero-order chi connectivity index (χ0) is 19.8. The van der Waals surface area contributed by atoms with Crippen LogP contribution in [0.25, 0.3) is 0 Å². The molecule has 0 aliphatic heterocycles. The molecule has 0 heterocycles. The molecule has 27 heavy (non-hydrogen) atoms. The zero-order valence-electron chi connectivity index (χ0n) is 15.2. The van der Waals surface area contributed by atoms with E-state index >= 15 is 0 Å². The molecule has 0 fully saturated rings. The Bertz CT molecular complexity index is 852. The van der Waals surface area contributed by atoms with Gasteiger partial charge in [0.1, 0.15) is 0 Å². The number of anilines is 2. The summed E-state index contributed by atoms with van der Waals surface area (Å²) in [4.78, 5) is 36.6. The van der Waals surface area contributed by atoms with Crippen molar-refractivity contribution >= 4 is 40.8 Å². The van der Waals surface area contributed by atoms with Gasteiger partial charge in [-0.25, -0.2) is 4.79 Å². The molecule has 0 saturated carbocycles. The number of benzene rings is 2. The first-order chi connectivity index (χ1) is 12.9. The topological polar surface area (TPSA) is 84.5 Å². The van der Waals surface area contributed by atoms with Crippen LogP contribution in [0.1, 0.15) is 35.7 Å². The lowest BCUT2D eigenvalue weighted by Gasteiger charge is -2.12. The molecule has 0 radical (unpaired) electrons. The molecule has 0 aliphatic rings. The number of hydrogen-bond donors (Lipinski definition) is 2. The molecular weight excluding hydrogens is 368 g/mol. The molecule has 0 bridgehead atoms. The van der Waals surface area contributed by atoms with E-state index in [0.717, 1.165) is 12.8 Å². The lowest BCUT2D eigenvalue weighted by molar-refractivity contribution is -0.133. The molecular formula is C20H21ClN2O4. The van der Waals surface area contributed by atoms with Gasteiger partial charge < -0.3 is 15.4 Å². The quantitative estimate of drug-likeness (QED) is 0.441. The molecule has 2 rings (SSSR count). The van der Waals surface area contributed by atoms with Gasteiger partial charge in [-0.15, -0.1) is 0 Å². The second kappa shape index (κ2) is 9.73. The van der Waals surface area contributed by atoms with E-state index in [-0.39, 0.29) is 11.3 Å². The first kappa shape index (κ1) is 20.5. The maximum absolute atomic E-state index is 12.2. The normalized spacial score (nSPS) is 10.2. The number of carbonyl (C=O) groups excluding carboxylic acids is 3. The monoisotopic (exact) mass is 388 g/mol. The molecule has 2 amide bonds. The van der Waals surface area contributed by atoms with Crippen molar-refractivity contribution in [3.63, 3.8) is 0 Å². The van der Waals surface area contributed by atoms with E-state index < -0.39 is 17.8 Å². The van der Waals surface area contributed by atoms with E-state index in [9.17, 15) is 14.4 Å². The molecule has 0 saturated heterocycles. The van der Waals surface area contributed by atoms with Gasteiger partial charge >= 0.3 is 17.8 Å². The summed E-state index contributed by atoms with van der Waals surface area (Å²) in [5, 5.41) is 5.44. The van der Waals surface area contributed by atoms with Crippen LogP contribution >= 0.6 is 11.6 Å². The second-order valence-electron chi connectivity index (χ2n) is 5.86. The fourth-order valence-electron chi connectivity index (χ4n) is 2.26. The third kappa shape index (κ3) is 5.56. The fourth-order valence-corrected chi connectivity index (χ4v) is 2.43. The smallest absolute Gasteiger partial charge is 0.340 e. The number of para-hydroxylation sites is 1. The SMILES string of the molecule is CCCCOC(=O)c1ccccc1NC(=O)C(=O)Nc1cccc(Cl)c1C. The third-order valence-electron chi connectivity index (χ3n) is 3.85. The number of rotatable bonds is 6. The number of ether oxygens (including phenoxy) is 1. The van der Waals surface area contributed by atoms with Gasteiger partial charge in [-0.05, 0) is 43.2 Å². The fraction of sp³-hybridized carbons (Fsp3) is 0.250. The number of halogens is 1. The number of amides is 2. The Balaban J connectivity index is 2.08. The molecule has 6 nitrogen and oxygen atoms in total. The summed E-state index contributed by atoms with van der Waals surface area (Å²) in [6, 6.07) is 11.4. The van der Waals surface area contributed by atoms with Gasteiger partial charge in [0.05, 0.1) is 17.9 Å². The molecule has 2 aromatic carbocycles. The predicted molar refractivity (Wildman–Crippen MR) is 105 cm³/mol. The van der Waals surface area contributed by atoms with Crippen molar-refractivity contribution in [3.8, 4) is 0 Å². The van der Waals surface area contributed by atoms with Gasteiger partial charge in [0.15, 0.2) is 0 Å². The van der Waals surface area contributed by atoms with E-state index in [1.165, 1.54) is 12.1 Å². The number of nitrogens with one attached hydrogen (secondary N) is 2. The van der Waals surface area contributed by atoms with Gasteiger partial charge in [-0.3, -0.25) is 9.59 Å². The van der Waals surface area contributed by atoms with Crippen LogP contribution in [-0.4, -0.2) is 24.4 Å². The Morgan fingerprint density at radius 3 is 2.30 bits per heavy atom. The Morgan fingerprint density at radius 2 is 1.59 bits per heavy atom. The summed E-state index contributed by atoms with van der Waals surface area (Å²) >= 11 is 6.01. The number of hydrogen-bond acceptors (Lipinski definition) is 4. The van der Waals surface area contributed by atoms with E-state index in [1.807, 2.05) is 6.92 Å². The van der Waals surface area contributed by atoms with Crippen LogP contribution in [0.4, 0.5) is 11.4 Å². The maximum Gasteiger partial charge on any atom is 0.340 e. The van der Waals surface area contributed by atoms with E-state index in [0.29, 0.717) is 22.9 Å². The minimum Gasteiger partial charge on any atom is -0.462 e. The lowest BCUT2D eigenvalue weighted by Crippen LogP contribution is -2.30. The Labute approximate surface area is 162 Å². The van der Waals surface area contributed by atoms with Crippen LogP contribution in [-0.2, 0) is 14.3 Å². The van der Waals surface area contributed by atoms with Gasteiger partial charge in [-0.2, -0.15) is 0 Å². The summed E-state index contributed by atoms with van der Waals surface area (Å²) in [6.07, 6.45) is 1.65. The molecule has 2 N–H and O–H groups in total. The minimum atomic E-state index is -0.900. The summed E-state index contributed by atoms with van der Waals surface area (Å²) in [5.41, 5.74) is 1.49. The number of carbonyl (C=O) groups is 3. The Morgan fingerprint density at radius 1 is 0.963 bits per heavy atom. The Hall–Kier alpha value is -2.86. The first-order valence-corrected chi connectivity index (χ1v) is 8.95. The highest BCUT2D eigenvalue weighted by molar-refractivity contribution is 6.44. The number of unbranched alkanes of at least 4 members (excludes halogenated alkanes) is 1. The maximum atomic E-state index is 12.2. The minimum absolute atomic E-state index is 0.189. The molecule has 0 unspecified atom stereocenters. The van der Waals surface area contributed by atoms with Crippen molar-refractivity contribution < 1.29 is 19.1 Å². The van der Waals surface area contributed by atoms with Crippen molar-refractivity contribution in [3.05, 3.63) is 58.6 Å². The van der Waals surface area contributed by atoms with Gasteiger partial charge in [0.2, 0.25) is 0 Å². The summed E-state index contributed by atoms with van der Waals surface area (Å²) in [5.74, 6) is -2.32. The van der Waals surface area contributed by atoms with E-state index in [4.69, 9.17) is 16.3 Å². The molecule has 142 valence electrons. The average molecular weight is 389 g/mol. The molecule has 0 atom stereocenters. The van der Waals surface area contributed by atoms with Gasteiger partial charge in [-0.1, -0.05) is 43.1 Å². The van der Waals surface area contributed by atoms with Crippen molar-refractivity contribution in [2.24, 2.45) is 0 Å². The van der Waals surface area contributed by atoms with Crippen LogP contribution in [0.15, 0.2) is 42.5 Å². The molecule has 2 aromatic rings. The highest BCUT2D eigenvalue weighted by atomic mass is 35.5. The first-order valence-electron chi connectivity index (χ1n) is 8.57. The number of esters is 1. The van der Waals surface area contributed by atoms with Crippen LogP contribution in [0, 0.1) is 6.92 Å². The van der Waals surface area contributed by atoms with Gasteiger partial charge in [0, 0.05) is 10.7 Å². The van der Waals surface area contributed by atoms with Crippen molar-refractivity contribution in [1.82, 2.24) is 0 Å². The average Bonchev–Trinajstić information content (AvgIpc) is 2.66. The van der Waals surface area contributed by atoms with E-state index in [1.54, 1.807) is 37.3 Å². The highest BCUT2D eigenvalue weighted by Crippen LogP contribution is 2.23. The Kier molecular flexibility index (Phi) is 7.37. The zero-order valence-corrected chi connectivity index (χ0v) is 15.9. The summed E-state index contributed by atoms with van der Waals surface area (Å²) in [7, 11) is 0. The largest absolute Gasteiger partial charge is 0.462 e. The summed E-state index contributed by atoms with van der Waals surface area (Å²) in [6.45, 7) is 4.02. The second-order valence-corrected chi connectivity index (χ2v) is 6.26. The van der Waals surface area contributed by atoms with Crippen molar-refractivity contribution in [1.29, 1.82) is 0 Å². The standard InChI is InChI=1S/C20H21ClN2O4/c1-3-4-12-27-20(26)14-8-5-6-10-17(14)23-19(25)18(24)22-16-11-7-9-15(21)13(16)2/h5-11H,3-4,12H2,1-2H3,(H,22,24)(H,23,25). The van der Waals surface area contributed by atoms with Gasteiger partial charge in [0.25, 0.3) is 0 Å². The van der Waals surface area contributed by atoms with Crippen LogP contribution < -0.4 is 10.6 Å². The van der Waals surface area contributed by atoms with E-state index in [2.05, 4.69) is 10.6 Å². The predicted octanol–water partition coefficient (Wildman–Crippen LogP) is 4.18. The molecule has 0 aromatic heterocycles. The lowest BCUT2D eigenvalue weighted by atomic mass is 10.1. The van der Waals surface area contributed by atoms with Crippen molar-refractivity contribution in [2.75, 3.05) is 17.2 Å². The van der Waals surface area contributed by atoms with Crippen LogP contribution in [0.3, 0.4) is 0 Å². The van der Waals surface area contributed by atoms with Crippen LogP contribution in [0.5, 0.6) is 0 Å². The molecule has 7 heteroatoms. The highest BCUT2D eigenvalue weighted by Gasteiger charge is 2.19.